The average molecular weight is 310 g/mol. The maximum Gasteiger partial charge on any atom is 0.254 e. The SMILES string of the molecule is C=CCN(C(=O)c1cc(C)[nH]c(=O)c1)C1CCS(=O)(=O)C1. The van der Waals surface area contributed by atoms with Gasteiger partial charge in [-0.3, -0.25) is 9.59 Å². The van der Waals surface area contributed by atoms with E-state index in [1.807, 2.05) is 0 Å². The van der Waals surface area contributed by atoms with E-state index in [4.69, 9.17) is 0 Å². The number of sulfone groups is 1. The van der Waals surface area contributed by atoms with E-state index in [9.17, 15) is 18.0 Å². The summed E-state index contributed by atoms with van der Waals surface area (Å²) in [5, 5.41) is 0. The zero-order valence-electron chi connectivity index (χ0n) is 11.8. The van der Waals surface area contributed by atoms with E-state index in [2.05, 4.69) is 11.6 Å². The molecule has 0 bridgehead atoms. The van der Waals surface area contributed by atoms with Crippen LogP contribution in [0.5, 0.6) is 0 Å². The van der Waals surface area contributed by atoms with Crippen LogP contribution >= 0.6 is 0 Å². The predicted molar refractivity (Wildman–Crippen MR) is 80.1 cm³/mol. The van der Waals surface area contributed by atoms with E-state index < -0.39 is 9.84 Å². The standard InChI is InChI=1S/C14H18N2O4S/c1-3-5-16(12-4-6-21(19,20)9-12)14(18)11-7-10(2)15-13(17)8-11/h3,7-8,12H,1,4-6,9H2,2H3,(H,15,17). The van der Waals surface area contributed by atoms with Crippen LogP contribution in [0, 0.1) is 6.92 Å². The van der Waals surface area contributed by atoms with Crippen LogP contribution in [0.1, 0.15) is 22.5 Å². The largest absolute Gasteiger partial charge is 0.331 e. The van der Waals surface area contributed by atoms with Crippen LogP contribution in [0.3, 0.4) is 0 Å². The second kappa shape index (κ2) is 5.85. The lowest BCUT2D eigenvalue weighted by atomic mass is 10.1. The first-order valence-electron chi connectivity index (χ1n) is 6.65. The number of amides is 1. The van der Waals surface area contributed by atoms with Crippen molar-refractivity contribution in [2.24, 2.45) is 0 Å². The van der Waals surface area contributed by atoms with Crippen LogP contribution in [0.2, 0.25) is 0 Å². The van der Waals surface area contributed by atoms with Crippen molar-refractivity contribution in [2.45, 2.75) is 19.4 Å². The second-order valence-electron chi connectivity index (χ2n) is 5.22. The van der Waals surface area contributed by atoms with E-state index in [1.54, 1.807) is 19.1 Å². The van der Waals surface area contributed by atoms with Crippen molar-refractivity contribution in [3.63, 3.8) is 0 Å². The Kier molecular flexibility index (Phi) is 4.32. The molecule has 7 heteroatoms. The van der Waals surface area contributed by atoms with E-state index >= 15 is 0 Å². The van der Waals surface area contributed by atoms with Crippen molar-refractivity contribution in [3.05, 3.63) is 46.4 Å². The molecule has 1 saturated heterocycles. The predicted octanol–water partition coefficient (Wildman–Crippen LogP) is 0.499. The third-order valence-corrected chi connectivity index (χ3v) is 5.21. The highest BCUT2D eigenvalue weighted by atomic mass is 32.2. The van der Waals surface area contributed by atoms with E-state index in [1.165, 1.54) is 11.0 Å². The Bertz CT molecular complexity index is 721. The third kappa shape index (κ3) is 3.60. The van der Waals surface area contributed by atoms with Gasteiger partial charge >= 0.3 is 0 Å². The molecule has 1 aliphatic rings. The molecule has 1 aromatic heterocycles. The molecule has 0 saturated carbocycles. The number of H-pyrrole nitrogens is 1. The lowest BCUT2D eigenvalue weighted by molar-refractivity contribution is 0.0720. The number of carbonyl (C=O) groups is 1. The van der Waals surface area contributed by atoms with Crippen molar-refractivity contribution in [2.75, 3.05) is 18.1 Å². The molecule has 0 aromatic carbocycles. The number of aryl methyl sites for hydroxylation is 1. The number of hydrogen-bond donors (Lipinski definition) is 1. The van der Waals surface area contributed by atoms with Gasteiger partial charge in [-0.15, -0.1) is 6.58 Å². The van der Waals surface area contributed by atoms with Gasteiger partial charge in [0.2, 0.25) is 5.56 Å². The maximum atomic E-state index is 12.6. The highest BCUT2D eigenvalue weighted by Gasteiger charge is 2.34. The Hall–Kier alpha value is -1.89. The van der Waals surface area contributed by atoms with E-state index in [-0.39, 0.29) is 41.1 Å². The normalized spacial score (nSPS) is 20.1. The van der Waals surface area contributed by atoms with Crippen molar-refractivity contribution in [3.8, 4) is 0 Å². The lowest BCUT2D eigenvalue weighted by Crippen LogP contribution is -2.41. The van der Waals surface area contributed by atoms with Crippen LogP contribution in [0.4, 0.5) is 0 Å². The first-order chi connectivity index (χ1) is 9.82. The molecule has 0 aliphatic carbocycles. The monoisotopic (exact) mass is 310 g/mol. The van der Waals surface area contributed by atoms with Crippen LogP contribution in [0.25, 0.3) is 0 Å². The zero-order chi connectivity index (χ0) is 15.6. The summed E-state index contributed by atoms with van der Waals surface area (Å²) < 4.78 is 23.2. The number of rotatable bonds is 4. The van der Waals surface area contributed by atoms with Crippen molar-refractivity contribution < 1.29 is 13.2 Å². The molecule has 1 aromatic rings. The van der Waals surface area contributed by atoms with Gasteiger partial charge in [0.05, 0.1) is 11.5 Å². The Morgan fingerprint density at radius 2 is 2.24 bits per heavy atom. The van der Waals surface area contributed by atoms with Gasteiger partial charge in [0.15, 0.2) is 9.84 Å². The van der Waals surface area contributed by atoms with Gasteiger partial charge in [-0.05, 0) is 19.4 Å². The summed E-state index contributed by atoms with van der Waals surface area (Å²) in [7, 11) is -3.09. The fourth-order valence-corrected chi connectivity index (χ4v) is 4.26. The van der Waals surface area contributed by atoms with Gasteiger partial charge in [0.25, 0.3) is 5.91 Å². The molecule has 2 heterocycles. The van der Waals surface area contributed by atoms with Crippen LogP contribution in [-0.2, 0) is 9.84 Å². The molecule has 1 N–H and O–H groups in total. The smallest absolute Gasteiger partial charge is 0.254 e. The summed E-state index contributed by atoms with van der Waals surface area (Å²) >= 11 is 0. The highest BCUT2D eigenvalue weighted by Crippen LogP contribution is 2.19. The molecule has 6 nitrogen and oxygen atoms in total. The maximum absolute atomic E-state index is 12.6. The number of nitrogens with one attached hydrogen (secondary N) is 1. The topological polar surface area (TPSA) is 87.3 Å². The Labute approximate surface area is 123 Å². The minimum atomic E-state index is -3.09. The van der Waals surface area contributed by atoms with Crippen molar-refractivity contribution >= 4 is 15.7 Å². The fraction of sp³-hybridized carbons (Fsp3) is 0.429. The summed E-state index contributed by atoms with van der Waals surface area (Å²) in [6.07, 6.45) is 1.98. The van der Waals surface area contributed by atoms with Gasteiger partial charge < -0.3 is 9.88 Å². The molecular formula is C14H18N2O4S. The molecule has 1 fully saturated rings. The van der Waals surface area contributed by atoms with Gasteiger partial charge in [0.1, 0.15) is 0 Å². The number of aromatic amines is 1. The molecular weight excluding hydrogens is 292 g/mol. The molecule has 1 amide bonds. The molecule has 1 atom stereocenters. The average Bonchev–Trinajstić information content (AvgIpc) is 2.74. The third-order valence-electron chi connectivity index (χ3n) is 3.46. The second-order valence-corrected chi connectivity index (χ2v) is 7.45. The number of carbonyl (C=O) groups excluding carboxylic acids is 1. The summed E-state index contributed by atoms with van der Waals surface area (Å²) in [6, 6.07) is 2.46. The molecule has 0 radical (unpaired) electrons. The summed E-state index contributed by atoms with van der Waals surface area (Å²) in [5.41, 5.74) is 0.502. The van der Waals surface area contributed by atoms with Crippen LogP contribution < -0.4 is 5.56 Å². The van der Waals surface area contributed by atoms with Crippen molar-refractivity contribution in [1.29, 1.82) is 0 Å². The number of nitrogens with zero attached hydrogens (tertiary/aromatic N) is 1. The minimum Gasteiger partial charge on any atom is -0.331 e. The molecule has 114 valence electrons. The Balaban J connectivity index is 2.31. The van der Waals surface area contributed by atoms with E-state index in [0.29, 0.717) is 12.1 Å². The molecule has 0 spiro atoms. The van der Waals surface area contributed by atoms with Crippen LogP contribution in [0.15, 0.2) is 29.6 Å². The fourth-order valence-electron chi connectivity index (χ4n) is 2.53. The molecule has 1 aliphatic heterocycles. The summed E-state index contributed by atoms with van der Waals surface area (Å²) in [6.45, 7) is 5.55. The molecule has 2 rings (SSSR count). The lowest BCUT2D eigenvalue weighted by Gasteiger charge is -2.27. The van der Waals surface area contributed by atoms with Gasteiger partial charge in [-0.1, -0.05) is 6.08 Å². The zero-order valence-corrected chi connectivity index (χ0v) is 12.6. The molecule has 21 heavy (non-hydrogen) atoms. The first kappa shape index (κ1) is 15.5. The molecule has 1 unspecified atom stereocenters. The summed E-state index contributed by atoms with van der Waals surface area (Å²) in [4.78, 5) is 28.1. The number of aromatic nitrogens is 1. The Morgan fingerprint density at radius 1 is 1.52 bits per heavy atom. The van der Waals surface area contributed by atoms with Crippen LogP contribution in [-0.4, -0.2) is 48.3 Å². The Morgan fingerprint density at radius 3 is 2.76 bits per heavy atom. The minimum absolute atomic E-state index is 0.0330. The number of pyridine rings is 1. The highest BCUT2D eigenvalue weighted by molar-refractivity contribution is 7.91. The van der Waals surface area contributed by atoms with Gasteiger partial charge in [0, 0.05) is 29.9 Å². The van der Waals surface area contributed by atoms with Gasteiger partial charge in [-0.25, -0.2) is 8.42 Å². The van der Waals surface area contributed by atoms with E-state index in [0.717, 1.165) is 0 Å². The first-order valence-corrected chi connectivity index (χ1v) is 8.48. The number of hydrogen-bond acceptors (Lipinski definition) is 4. The van der Waals surface area contributed by atoms with Crippen molar-refractivity contribution in [1.82, 2.24) is 9.88 Å². The summed E-state index contributed by atoms with van der Waals surface area (Å²) in [5.74, 6) is -0.284. The van der Waals surface area contributed by atoms with Gasteiger partial charge in [-0.2, -0.15) is 0 Å². The quantitative estimate of drug-likeness (QED) is 0.820.